The average Bonchev–Trinajstić information content (AvgIpc) is 3.58. The van der Waals surface area contributed by atoms with E-state index < -0.39 is 0 Å². The molecule has 0 saturated carbocycles. The van der Waals surface area contributed by atoms with Crippen LogP contribution in [0.15, 0.2) is 67.1 Å². The van der Waals surface area contributed by atoms with Gasteiger partial charge in [0, 0.05) is 36.3 Å². The van der Waals surface area contributed by atoms with Crippen molar-refractivity contribution in [3.05, 3.63) is 83.8 Å². The van der Waals surface area contributed by atoms with Gasteiger partial charge < -0.3 is 4.74 Å². The highest BCUT2D eigenvalue weighted by Crippen LogP contribution is 2.28. The van der Waals surface area contributed by atoms with E-state index in [1.165, 1.54) is 24.2 Å². The number of likely N-dealkylation sites (tertiary alicyclic amines) is 1. The minimum Gasteiger partial charge on any atom is -0.468 e. The Kier molecular flexibility index (Phi) is 7.06. The van der Waals surface area contributed by atoms with E-state index in [9.17, 15) is 4.79 Å². The molecule has 9 heteroatoms. The monoisotopic (exact) mass is 486 g/mol. The van der Waals surface area contributed by atoms with Gasteiger partial charge in [0.05, 0.1) is 5.56 Å². The van der Waals surface area contributed by atoms with Crippen LogP contribution in [0.2, 0.25) is 0 Å². The third-order valence-electron chi connectivity index (χ3n) is 5.91. The predicted molar refractivity (Wildman–Crippen MR) is 136 cm³/mol. The molecule has 1 amide bonds. The lowest BCUT2D eigenvalue weighted by Gasteiger charge is -2.25. The predicted octanol–water partition coefficient (Wildman–Crippen LogP) is 4.77. The molecule has 1 atom stereocenters. The minimum atomic E-state index is -0.291. The van der Waals surface area contributed by atoms with Crippen molar-refractivity contribution in [1.82, 2.24) is 25.1 Å². The first-order chi connectivity index (χ1) is 17.2. The second-order valence-corrected chi connectivity index (χ2v) is 9.45. The van der Waals surface area contributed by atoms with E-state index in [-0.39, 0.29) is 12.0 Å². The Labute approximate surface area is 208 Å². The second kappa shape index (κ2) is 10.7. The summed E-state index contributed by atoms with van der Waals surface area (Å²) >= 11 is 1.31. The zero-order chi connectivity index (χ0) is 24.0. The Balaban J connectivity index is 1.28. The summed E-state index contributed by atoms with van der Waals surface area (Å²) in [4.78, 5) is 23.8. The van der Waals surface area contributed by atoms with Gasteiger partial charge in [0.15, 0.2) is 0 Å². The first-order valence-electron chi connectivity index (χ1n) is 11.6. The van der Waals surface area contributed by atoms with E-state index in [0.29, 0.717) is 21.6 Å². The first-order valence-corrected chi connectivity index (χ1v) is 12.4. The van der Waals surface area contributed by atoms with Gasteiger partial charge in [0.1, 0.15) is 11.1 Å². The van der Waals surface area contributed by atoms with Crippen LogP contribution in [-0.2, 0) is 0 Å². The van der Waals surface area contributed by atoms with Crippen LogP contribution in [0.3, 0.4) is 0 Å². The van der Waals surface area contributed by atoms with Crippen molar-refractivity contribution in [2.45, 2.75) is 25.9 Å². The maximum absolute atomic E-state index is 12.8. The smallest absolute Gasteiger partial charge is 0.259 e. The van der Waals surface area contributed by atoms with Gasteiger partial charge in [0.2, 0.25) is 11.0 Å². The molecule has 1 saturated heterocycles. The molecule has 8 nitrogen and oxygen atoms in total. The number of rotatable bonds is 8. The summed E-state index contributed by atoms with van der Waals surface area (Å²) in [5.41, 5.74) is 3.25. The zero-order valence-corrected chi connectivity index (χ0v) is 20.2. The average molecular weight is 487 g/mol. The number of carbonyl (C=O) groups is 1. The number of hydrogen-bond acceptors (Lipinski definition) is 8. The summed E-state index contributed by atoms with van der Waals surface area (Å²) in [6, 6.07) is 15.7. The number of hydrogen-bond donors (Lipinski definition) is 1. The third-order valence-corrected chi connectivity index (χ3v) is 6.80. The van der Waals surface area contributed by atoms with Gasteiger partial charge in [-0.15, -0.1) is 10.2 Å². The Morgan fingerprint density at radius 1 is 1.11 bits per heavy atom. The number of aromatic nitrogens is 4. The van der Waals surface area contributed by atoms with Crippen LogP contribution in [0.5, 0.6) is 5.88 Å². The fourth-order valence-electron chi connectivity index (χ4n) is 4.08. The largest absolute Gasteiger partial charge is 0.468 e. The van der Waals surface area contributed by atoms with Crippen molar-refractivity contribution < 1.29 is 9.53 Å². The van der Waals surface area contributed by atoms with Crippen LogP contribution in [-0.4, -0.2) is 50.6 Å². The maximum Gasteiger partial charge on any atom is 0.259 e. The van der Waals surface area contributed by atoms with Crippen molar-refractivity contribution in [1.29, 1.82) is 0 Å². The van der Waals surface area contributed by atoms with E-state index in [0.717, 1.165) is 36.3 Å². The number of nitrogens with one attached hydrogen (secondary N) is 1. The zero-order valence-electron chi connectivity index (χ0n) is 19.4. The summed E-state index contributed by atoms with van der Waals surface area (Å²) in [6.45, 7) is 4.90. The lowest BCUT2D eigenvalue weighted by molar-refractivity contribution is 0.102. The molecule has 5 rings (SSSR count). The van der Waals surface area contributed by atoms with Crippen LogP contribution >= 0.6 is 11.3 Å². The Hall–Kier alpha value is -3.69. The molecule has 1 aliphatic rings. The highest BCUT2D eigenvalue weighted by atomic mass is 32.1. The Bertz CT molecular complexity index is 1280. The van der Waals surface area contributed by atoms with Gasteiger partial charge >= 0.3 is 0 Å². The highest BCUT2D eigenvalue weighted by Gasteiger charge is 2.22. The van der Waals surface area contributed by atoms with Gasteiger partial charge in [0.25, 0.3) is 5.91 Å². The third kappa shape index (κ3) is 5.70. The molecule has 178 valence electrons. The highest BCUT2D eigenvalue weighted by molar-refractivity contribution is 7.18. The van der Waals surface area contributed by atoms with Crippen LogP contribution in [0.25, 0.3) is 10.6 Å². The Morgan fingerprint density at radius 3 is 2.63 bits per heavy atom. The molecule has 0 aliphatic carbocycles. The van der Waals surface area contributed by atoms with E-state index in [1.807, 2.05) is 37.3 Å². The van der Waals surface area contributed by atoms with E-state index in [2.05, 4.69) is 42.5 Å². The molecule has 0 radical (unpaired) electrons. The Morgan fingerprint density at radius 2 is 1.89 bits per heavy atom. The maximum atomic E-state index is 12.8. The van der Waals surface area contributed by atoms with Crippen LogP contribution < -0.4 is 10.1 Å². The molecule has 1 fully saturated rings. The summed E-state index contributed by atoms with van der Waals surface area (Å²) in [6.07, 6.45) is 7.25. The SMILES string of the molecule is Cc1cc(C(=O)Nc2nnc(-c3ccncc3)s2)cnc1O[C@@H](CN1CCCC1)c1ccccc1. The molecule has 4 heterocycles. The first kappa shape index (κ1) is 23.1. The number of nitrogens with zero attached hydrogens (tertiary/aromatic N) is 5. The molecule has 35 heavy (non-hydrogen) atoms. The number of carbonyl (C=O) groups excluding carboxylic acids is 1. The van der Waals surface area contributed by atoms with Crippen molar-refractivity contribution in [3.63, 3.8) is 0 Å². The molecule has 4 aromatic rings. The molecule has 0 bridgehead atoms. The number of pyridine rings is 2. The number of ether oxygens (including phenoxy) is 1. The van der Waals surface area contributed by atoms with E-state index in [4.69, 9.17) is 4.74 Å². The van der Waals surface area contributed by atoms with Crippen LogP contribution in [0.4, 0.5) is 5.13 Å². The molecule has 0 unspecified atom stereocenters. The van der Waals surface area contributed by atoms with Gasteiger partial charge in [-0.05, 0) is 56.6 Å². The molecule has 3 aromatic heterocycles. The normalized spacial score (nSPS) is 14.5. The summed E-state index contributed by atoms with van der Waals surface area (Å²) < 4.78 is 6.39. The molecule has 0 spiro atoms. The summed E-state index contributed by atoms with van der Waals surface area (Å²) in [7, 11) is 0. The number of benzene rings is 1. The number of anilines is 1. The molecule has 1 aromatic carbocycles. The number of aryl methyl sites for hydroxylation is 1. The fourth-order valence-corrected chi connectivity index (χ4v) is 4.82. The lowest BCUT2D eigenvalue weighted by Crippen LogP contribution is -2.28. The van der Waals surface area contributed by atoms with Crippen molar-refractivity contribution in [2.75, 3.05) is 25.0 Å². The quantitative estimate of drug-likeness (QED) is 0.383. The van der Waals surface area contributed by atoms with Gasteiger partial charge in [-0.3, -0.25) is 20.0 Å². The minimum absolute atomic E-state index is 0.131. The second-order valence-electron chi connectivity index (χ2n) is 8.47. The van der Waals surface area contributed by atoms with Gasteiger partial charge in [-0.25, -0.2) is 4.98 Å². The molecule has 1 aliphatic heterocycles. The lowest BCUT2D eigenvalue weighted by atomic mass is 10.1. The number of amides is 1. The van der Waals surface area contributed by atoms with Crippen molar-refractivity contribution >= 4 is 22.4 Å². The van der Waals surface area contributed by atoms with Gasteiger partial charge in [-0.2, -0.15) is 0 Å². The van der Waals surface area contributed by atoms with E-state index >= 15 is 0 Å². The molecule has 1 N–H and O–H groups in total. The fraction of sp³-hybridized carbons (Fsp3) is 0.269. The van der Waals surface area contributed by atoms with Crippen molar-refractivity contribution in [2.24, 2.45) is 0 Å². The summed E-state index contributed by atoms with van der Waals surface area (Å²) in [5, 5.41) is 12.2. The molecular weight excluding hydrogens is 460 g/mol. The van der Waals surface area contributed by atoms with Crippen molar-refractivity contribution in [3.8, 4) is 16.5 Å². The topological polar surface area (TPSA) is 93.1 Å². The van der Waals surface area contributed by atoms with E-state index in [1.54, 1.807) is 24.7 Å². The summed E-state index contributed by atoms with van der Waals surface area (Å²) in [5.74, 6) is 0.242. The van der Waals surface area contributed by atoms with Gasteiger partial charge in [-0.1, -0.05) is 41.7 Å². The van der Waals surface area contributed by atoms with Crippen LogP contribution in [0, 0.1) is 6.92 Å². The van der Waals surface area contributed by atoms with Crippen LogP contribution in [0.1, 0.15) is 40.4 Å². The molecular formula is C26H26N6O2S. The standard InChI is InChI=1S/C26H26N6O2S/c1-18-15-21(23(33)29-26-31-30-25(35-26)20-9-11-27-12-10-20)16-28-24(18)34-22(17-32-13-5-6-14-32)19-7-3-2-4-8-19/h2-4,7-12,15-16,22H,5-6,13-14,17H2,1H3,(H,29,31,33)/t22-/m0/s1.